The highest BCUT2D eigenvalue weighted by Crippen LogP contribution is 2.34. The Balaban J connectivity index is 1.87. The first-order valence-electron chi connectivity index (χ1n) is 8.28. The zero-order chi connectivity index (χ0) is 17.2. The molecule has 1 unspecified atom stereocenters. The molecule has 0 saturated heterocycles. The van der Waals surface area contributed by atoms with Gasteiger partial charge in [0.05, 0.1) is 6.04 Å². The lowest BCUT2D eigenvalue weighted by atomic mass is 9.97. The second-order valence-electron chi connectivity index (χ2n) is 6.13. The first kappa shape index (κ1) is 15.7. The Morgan fingerprint density at radius 3 is 2.72 bits per heavy atom. The van der Waals surface area contributed by atoms with Gasteiger partial charge in [0, 0.05) is 44.5 Å². The van der Waals surface area contributed by atoms with E-state index in [1.807, 2.05) is 42.7 Å². The molecule has 0 spiro atoms. The molecule has 0 saturated carbocycles. The number of H-pyrrole nitrogens is 2. The van der Waals surface area contributed by atoms with Gasteiger partial charge in [-0.25, -0.2) is 4.98 Å². The molecule has 2 heterocycles. The van der Waals surface area contributed by atoms with Gasteiger partial charge in [0.15, 0.2) is 12.4 Å². The molecule has 1 atom stereocenters. The number of rotatable bonds is 4. The third-order valence-corrected chi connectivity index (χ3v) is 4.67. The maximum absolute atomic E-state index is 6.17. The van der Waals surface area contributed by atoms with Crippen LogP contribution < -0.4 is 10.3 Å². The number of fused-ring (bicyclic) bond motifs is 1. The van der Waals surface area contributed by atoms with Crippen LogP contribution in [0.25, 0.3) is 10.9 Å². The smallest absolute Gasteiger partial charge is 0.172 e. The Hall–Kier alpha value is -2.78. The van der Waals surface area contributed by atoms with Gasteiger partial charge in [0.2, 0.25) is 0 Å². The van der Waals surface area contributed by atoms with Crippen LogP contribution in [-0.4, -0.2) is 4.98 Å². The van der Waals surface area contributed by atoms with E-state index < -0.39 is 0 Å². The van der Waals surface area contributed by atoms with E-state index in [0.717, 1.165) is 27.5 Å². The zero-order valence-electron chi connectivity index (χ0n) is 13.9. The minimum Gasteiger partial charge on any atom is -0.374 e. The molecular formula is C21H19ClN3+. The molecule has 2 aromatic carbocycles. The lowest BCUT2D eigenvalue weighted by molar-refractivity contribution is -0.378. The molecule has 0 amide bonds. The first-order chi connectivity index (χ1) is 12.2. The standard InChI is InChI=1S/C21H18ClN3/c1-14-20(18-9-2-3-10-19(18)24-14)21(15-6-5-11-23-13-15)25-17-8-4-7-16(22)12-17/h2-13,21,24-25H,1H3/p+1. The lowest BCUT2D eigenvalue weighted by Gasteiger charge is -2.20. The highest BCUT2D eigenvalue weighted by Gasteiger charge is 2.22. The maximum Gasteiger partial charge on any atom is 0.172 e. The number of para-hydroxylation sites is 1. The van der Waals surface area contributed by atoms with Crippen molar-refractivity contribution in [2.75, 3.05) is 5.32 Å². The van der Waals surface area contributed by atoms with Crippen LogP contribution in [0.15, 0.2) is 73.1 Å². The normalized spacial score (nSPS) is 12.2. The van der Waals surface area contributed by atoms with Gasteiger partial charge in [-0.05, 0) is 37.3 Å². The number of benzene rings is 2. The van der Waals surface area contributed by atoms with E-state index in [-0.39, 0.29) is 6.04 Å². The lowest BCUT2D eigenvalue weighted by Crippen LogP contribution is -2.15. The summed E-state index contributed by atoms with van der Waals surface area (Å²) in [6, 6.07) is 20.4. The Morgan fingerprint density at radius 2 is 1.92 bits per heavy atom. The summed E-state index contributed by atoms with van der Waals surface area (Å²) in [6.07, 6.45) is 3.95. The van der Waals surface area contributed by atoms with E-state index >= 15 is 0 Å². The number of aryl methyl sites for hydroxylation is 1. The van der Waals surface area contributed by atoms with Gasteiger partial charge in [-0.1, -0.05) is 35.9 Å². The average Bonchev–Trinajstić information content (AvgIpc) is 2.96. The number of nitrogens with one attached hydrogen (secondary N) is 3. The molecule has 4 rings (SSSR count). The van der Waals surface area contributed by atoms with Crippen LogP contribution in [-0.2, 0) is 0 Å². The summed E-state index contributed by atoms with van der Waals surface area (Å²) in [5, 5.41) is 5.59. The van der Waals surface area contributed by atoms with E-state index in [1.54, 1.807) is 0 Å². The van der Waals surface area contributed by atoms with Gasteiger partial charge < -0.3 is 10.3 Å². The van der Waals surface area contributed by atoms with Gasteiger partial charge in [0.25, 0.3) is 0 Å². The summed E-state index contributed by atoms with van der Waals surface area (Å²) in [5.41, 5.74) is 5.70. The van der Waals surface area contributed by atoms with Crippen LogP contribution in [0.5, 0.6) is 0 Å². The molecule has 0 aliphatic rings. The van der Waals surface area contributed by atoms with Crippen LogP contribution in [0, 0.1) is 6.92 Å². The van der Waals surface area contributed by atoms with E-state index in [0.29, 0.717) is 0 Å². The molecule has 0 bridgehead atoms. The van der Waals surface area contributed by atoms with Crippen molar-refractivity contribution in [2.45, 2.75) is 13.0 Å². The SMILES string of the molecule is Cc1[nH]c2ccccc2c1C(Nc1cccc(Cl)c1)c1ccc[nH+]c1. The number of anilines is 1. The van der Waals surface area contributed by atoms with Crippen molar-refractivity contribution in [1.82, 2.24) is 4.98 Å². The van der Waals surface area contributed by atoms with Gasteiger partial charge in [0.1, 0.15) is 0 Å². The second-order valence-corrected chi connectivity index (χ2v) is 6.57. The summed E-state index contributed by atoms with van der Waals surface area (Å²) in [7, 11) is 0. The molecule has 0 aliphatic carbocycles. The predicted octanol–water partition coefficient (Wildman–Crippen LogP) is 5.15. The molecule has 3 nitrogen and oxygen atoms in total. The van der Waals surface area contributed by atoms with E-state index in [9.17, 15) is 0 Å². The number of halogens is 1. The summed E-state index contributed by atoms with van der Waals surface area (Å²) in [6.45, 7) is 2.12. The molecule has 3 N–H and O–H groups in total. The minimum atomic E-state index is 0.00654. The van der Waals surface area contributed by atoms with Crippen LogP contribution in [0.1, 0.15) is 22.9 Å². The van der Waals surface area contributed by atoms with Gasteiger partial charge in [-0.2, -0.15) is 0 Å². The van der Waals surface area contributed by atoms with Gasteiger partial charge in [-0.15, -0.1) is 0 Å². The van der Waals surface area contributed by atoms with Crippen molar-refractivity contribution < 1.29 is 4.98 Å². The summed E-state index contributed by atoms with van der Waals surface area (Å²) < 4.78 is 0. The van der Waals surface area contributed by atoms with Crippen molar-refractivity contribution in [2.24, 2.45) is 0 Å². The quantitative estimate of drug-likeness (QED) is 0.526. The molecule has 124 valence electrons. The topological polar surface area (TPSA) is 42.0 Å². The van der Waals surface area contributed by atoms with Crippen molar-refractivity contribution in [3.05, 3.63) is 94.9 Å². The molecule has 2 aromatic heterocycles. The Labute approximate surface area is 151 Å². The first-order valence-corrected chi connectivity index (χ1v) is 8.65. The average molecular weight is 349 g/mol. The van der Waals surface area contributed by atoms with Crippen LogP contribution in [0.3, 0.4) is 0 Å². The highest BCUT2D eigenvalue weighted by atomic mass is 35.5. The van der Waals surface area contributed by atoms with Gasteiger partial charge >= 0.3 is 0 Å². The van der Waals surface area contributed by atoms with Gasteiger partial charge in [-0.3, -0.25) is 0 Å². The number of aromatic nitrogens is 2. The van der Waals surface area contributed by atoms with E-state index in [1.165, 1.54) is 10.9 Å². The third kappa shape index (κ3) is 3.11. The van der Waals surface area contributed by atoms with Crippen molar-refractivity contribution >= 4 is 28.2 Å². The third-order valence-electron chi connectivity index (χ3n) is 4.43. The van der Waals surface area contributed by atoms with Crippen molar-refractivity contribution in [3.8, 4) is 0 Å². The molecule has 0 fully saturated rings. The monoisotopic (exact) mass is 348 g/mol. The largest absolute Gasteiger partial charge is 0.374 e. The van der Waals surface area contributed by atoms with Crippen LogP contribution in [0.4, 0.5) is 5.69 Å². The van der Waals surface area contributed by atoms with Crippen molar-refractivity contribution in [3.63, 3.8) is 0 Å². The van der Waals surface area contributed by atoms with E-state index in [4.69, 9.17) is 11.6 Å². The molecule has 4 aromatic rings. The summed E-state index contributed by atoms with van der Waals surface area (Å²) >= 11 is 6.17. The minimum absolute atomic E-state index is 0.00654. The Morgan fingerprint density at radius 1 is 1.04 bits per heavy atom. The Bertz CT molecular complexity index is 1010. The maximum atomic E-state index is 6.17. The van der Waals surface area contributed by atoms with Crippen molar-refractivity contribution in [1.29, 1.82) is 0 Å². The fourth-order valence-corrected chi connectivity index (χ4v) is 3.51. The molecular weight excluding hydrogens is 330 g/mol. The molecule has 4 heteroatoms. The number of hydrogen-bond donors (Lipinski definition) is 2. The highest BCUT2D eigenvalue weighted by molar-refractivity contribution is 6.30. The molecule has 0 aliphatic heterocycles. The molecule has 25 heavy (non-hydrogen) atoms. The fraction of sp³-hybridized carbons (Fsp3) is 0.0952. The summed E-state index contributed by atoms with van der Waals surface area (Å²) in [4.78, 5) is 6.69. The Kier molecular flexibility index (Phi) is 4.16. The summed E-state index contributed by atoms with van der Waals surface area (Å²) in [5.74, 6) is 0. The fourth-order valence-electron chi connectivity index (χ4n) is 3.32. The van der Waals surface area contributed by atoms with Crippen LogP contribution in [0.2, 0.25) is 5.02 Å². The number of aromatic amines is 2. The number of hydrogen-bond acceptors (Lipinski definition) is 1. The van der Waals surface area contributed by atoms with Crippen LogP contribution >= 0.6 is 11.6 Å². The molecule has 0 radical (unpaired) electrons. The van der Waals surface area contributed by atoms with E-state index in [2.05, 4.69) is 52.5 Å². The second kappa shape index (κ2) is 6.61. The predicted molar refractivity (Wildman–Crippen MR) is 103 cm³/mol. The number of pyridine rings is 1. The zero-order valence-corrected chi connectivity index (χ0v) is 14.6.